The summed E-state index contributed by atoms with van der Waals surface area (Å²) in [4.78, 5) is 14.7. The first kappa shape index (κ1) is 12.2. The Morgan fingerprint density at radius 2 is 2.17 bits per heavy atom. The molecule has 2 aromatic rings. The van der Waals surface area contributed by atoms with Crippen LogP contribution in [0.5, 0.6) is 0 Å². The highest BCUT2D eigenvalue weighted by molar-refractivity contribution is 5.67. The number of rotatable bonds is 5. The first-order valence-electron chi connectivity index (χ1n) is 5.85. The van der Waals surface area contributed by atoms with Gasteiger partial charge in [0.05, 0.1) is 10.5 Å². The number of aryl methyl sites for hydroxylation is 1. The van der Waals surface area contributed by atoms with E-state index >= 15 is 0 Å². The van der Waals surface area contributed by atoms with Gasteiger partial charge in [-0.2, -0.15) is 5.10 Å². The molecule has 0 amide bonds. The molecule has 0 bridgehead atoms. The number of hydrogen-bond acceptors (Lipinski definition) is 4. The topological polar surface area (TPSA) is 73.8 Å². The van der Waals surface area contributed by atoms with Crippen LogP contribution in [-0.4, -0.2) is 19.7 Å². The van der Waals surface area contributed by atoms with Gasteiger partial charge in [-0.3, -0.25) is 10.1 Å². The molecule has 0 radical (unpaired) electrons. The van der Waals surface area contributed by atoms with Crippen molar-refractivity contribution in [2.75, 3.05) is 0 Å². The summed E-state index contributed by atoms with van der Waals surface area (Å²) >= 11 is 0. The van der Waals surface area contributed by atoms with E-state index in [0.29, 0.717) is 11.4 Å². The molecule has 0 aliphatic carbocycles. The largest absolute Gasteiger partial charge is 0.280 e. The van der Waals surface area contributed by atoms with Crippen LogP contribution in [0.15, 0.2) is 30.6 Å². The van der Waals surface area contributed by atoms with Crippen LogP contribution < -0.4 is 0 Å². The number of nitro benzene ring substituents is 1. The molecule has 1 aromatic heterocycles. The normalized spacial score (nSPS) is 10.5. The second-order valence-electron chi connectivity index (χ2n) is 3.93. The van der Waals surface area contributed by atoms with E-state index in [1.54, 1.807) is 22.9 Å². The molecule has 0 N–H and O–H groups in total. The Hall–Kier alpha value is -2.24. The van der Waals surface area contributed by atoms with Gasteiger partial charge in [-0.25, -0.2) is 9.67 Å². The first-order valence-corrected chi connectivity index (χ1v) is 5.85. The predicted molar refractivity (Wildman–Crippen MR) is 67.0 cm³/mol. The molecule has 94 valence electrons. The van der Waals surface area contributed by atoms with Crippen LogP contribution in [0.25, 0.3) is 11.4 Å². The molecule has 0 unspecified atom stereocenters. The summed E-state index contributed by atoms with van der Waals surface area (Å²) in [7, 11) is 0. The lowest BCUT2D eigenvalue weighted by Gasteiger charge is -2.05. The Kier molecular flexibility index (Phi) is 3.66. The van der Waals surface area contributed by atoms with Crippen LogP contribution >= 0.6 is 0 Å². The quantitative estimate of drug-likeness (QED) is 0.600. The van der Waals surface area contributed by atoms with Crippen LogP contribution in [0.3, 0.4) is 0 Å². The van der Waals surface area contributed by atoms with Gasteiger partial charge in [0.2, 0.25) is 0 Å². The highest BCUT2D eigenvalue weighted by atomic mass is 16.6. The Morgan fingerprint density at radius 3 is 2.89 bits per heavy atom. The molecule has 1 heterocycles. The molecule has 0 saturated heterocycles. The standard InChI is InChI=1S/C12H14N4O2/c1-2-3-8-15-12(13-9-14-15)10-6-4-5-7-11(10)16(17)18/h4-7,9H,2-3,8H2,1H3. The van der Waals surface area contributed by atoms with Crippen molar-refractivity contribution in [3.05, 3.63) is 40.7 Å². The number of para-hydroxylation sites is 1. The van der Waals surface area contributed by atoms with Crippen LogP contribution in [-0.2, 0) is 6.54 Å². The summed E-state index contributed by atoms with van der Waals surface area (Å²) < 4.78 is 1.71. The molecular formula is C12H14N4O2. The molecule has 0 aliphatic heterocycles. The summed E-state index contributed by atoms with van der Waals surface area (Å²) in [6.45, 7) is 2.81. The minimum atomic E-state index is -0.395. The molecule has 6 nitrogen and oxygen atoms in total. The second kappa shape index (κ2) is 5.39. The molecule has 1 aromatic carbocycles. The van der Waals surface area contributed by atoms with Gasteiger partial charge in [-0.15, -0.1) is 0 Å². The maximum Gasteiger partial charge on any atom is 0.280 e. The van der Waals surface area contributed by atoms with Gasteiger partial charge in [0.25, 0.3) is 5.69 Å². The SMILES string of the molecule is CCCCn1ncnc1-c1ccccc1[N+](=O)[O-]. The van der Waals surface area contributed by atoms with E-state index in [0.717, 1.165) is 19.4 Å². The fourth-order valence-corrected chi connectivity index (χ4v) is 1.77. The number of benzene rings is 1. The van der Waals surface area contributed by atoms with Gasteiger partial charge in [0, 0.05) is 12.6 Å². The number of unbranched alkanes of at least 4 members (excludes halogenated alkanes) is 1. The maximum absolute atomic E-state index is 11.0. The zero-order chi connectivity index (χ0) is 13.0. The average Bonchev–Trinajstić information content (AvgIpc) is 2.84. The summed E-state index contributed by atoms with van der Waals surface area (Å²) in [5.74, 6) is 0.552. The smallest absolute Gasteiger partial charge is 0.258 e. The third kappa shape index (κ3) is 2.37. The van der Waals surface area contributed by atoms with E-state index in [2.05, 4.69) is 17.0 Å². The van der Waals surface area contributed by atoms with Gasteiger partial charge in [0.1, 0.15) is 6.33 Å². The van der Waals surface area contributed by atoms with Crippen LogP contribution in [0.4, 0.5) is 5.69 Å². The minimum absolute atomic E-state index is 0.0586. The van der Waals surface area contributed by atoms with Crippen LogP contribution in [0.1, 0.15) is 19.8 Å². The Balaban J connectivity index is 2.42. The van der Waals surface area contributed by atoms with Crippen molar-refractivity contribution in [1.29, 1.82) is 0 Å². The lowest BCUT2D eigenvalue weighted by molar-refractivity contribution is -0.384. The van der Waals surface area contributed by atoms with E-state index in [-0.39, 0.29) is 5.69 Å². The zero-order valence-corrected chi connectivity index (χ0v) is 10.1. The fraction of sp³-hybridized carbons (Fsp3) is 0.333. The van der Waals surface area contributed by atoms with Crippen molar-refractivity contribution < 1.29 is 4.92 Å². The van der Waals surface area contributed by atoms with Crippen molar-refractivity contribution in [1.82, 2.24) is 14.8 Å². The molecule has 0 atom stereocenters. The van der Waals surface area contributed by atoms with E-state index in [9.17, 15) is 10.1 Å². The zero-order valence-electron chi connectivity index (χ0n) is 10.1. The van der Waals surface area contributed by atoms with Gasteiger partial charge >= 0.3 is 0 Å². The van der Waals surface area contributed by atoms with E-state index in [4.69, 9.17) is 0 Å². The Labute approximate surface area is 104 Å². The number of nitro groups is 1. The Morgan fingerprint density at radius 1 is 1.39 bits per heavy atom. The van der Waals surface area contributed by atoms with E-state index in [1.165, 1.54) is 12.4 Å². The van der Waals surface area contributed by atoms with Crippen molar-refractivity contribution in [2.24, 2.45) is 0 Å². The number of nitrogens with zero attached hydrogens (tertiary/aromatic N) is 4. The van der Waals surface area contributed by atoms with Crippen molar-refractivity contribution >= 4 is 5.69 Å². The van der Waals surface area contributed by atoms with Crippen LogP contribution in [0.2, 0.25) is 0 Å². The number of hydrogen-bond donors (Lipinski definition) is 0. The minimum Gasteiger partial charge on any atom is -0.258 e. The predicted octanol–water partition coefficient (Wildman–Crippen LogP) is 2.65. The van der Waals surface area contributed by atoms with Gasteiger partial charge < -0.3 is 0 Å². The fourth-order valence-electron chi connectivity index (χ4n) is 1.77. The average molecular weight is 246 g/mol. The lowest BCUT2D eigenvalue weighted by atomic mass is 10.1. The molecule has 0 saturated carbocycles. The third-order valence-electron chi connectivity index (χ3n) is 2.68. The molecule has 18 heavy (non-hydrogen) atoms. The summed E-state index contributed by atoms with van der Waals surface area (Å²) in [5, 5.41) is 15.1. The maximum atomic E-state index is 11.0. The molecule has 0 fully saturated rings. The van der Waals surface area contributed by atoms with E-state index < -0.39 is 4.92 Å². The highest BCUT2D eigenvalue weighted by Crippen LogP contribution is 2.27. The Bertz CT molecular complexity index is 551. The van der Waals surface area contributed by atoms with Gasteiger partial charge in [0.15, 0.2) is 5.82 Å². The molecular weight excluding hydrogens is 232 g/mol. The monoisotopic (exact) mass is 246 g/mol. The third-order valence-corrected chi connectivity index (χ3v) is 2.68. The number of aromatic nitrogens is 3. The van der Waals surface area contributed by atoms with Crippen molar-refractivity contribution in [3.8, 4) is 11.4 Å². The molecule has 6 heteroatoms. The van der Waals surface area contributed by atoms with Crippen LogP contribution in [0, 0.1) is 10.1 Å². The van der Waals surface area contributed by atoms with E-state index in [1.807, 2.05) is 0 Å². The summed E-state index contributed by atoms with van der Waals surface area (Å²) in [6.07, 6.45) is 3.44. The lowest BCUT2D eigenvalue weighted by Crippen LogP contribution is -2.04. The van der Waals surface area contributed by atoms with Gasteiger partial charge in [-0.05, 0) is 12.5 Å². The van der Waals surface area contributed by atoms with Crippen molar-refractivity contribution in [2.45, 2.75) is 26.3 Å². The second-order valence-corrected chi connectivity index (χ2v) is 3.93. The highest BCUT2D eigenvalue weighted by Gasteiger charge is 2.18. The molecule has 0 aliphatic rings. The summed E-state index contributed by atoms with van der Waals surface area (Å²) in [5.41, 5.74) is 0.569. The molecule has 2 rings (SSSR count). The first-order chi connectivity index (χ1) is 8.74. The molecule has 0 spiro atoms. The van der Waals surface area contributed by atoms with Crippen molar-refractivity contribution in [3.63, 3.8) is 0 Å². The van der Waals surface area contributed by atoms with Gasteiger partial charge in [-0.1, -0.05) is 25.5 Å². The summed E-state index contributed by atoms with van der Waals surface area (Å²) in [6, 6.07) is 6.59.